The van der Waals surface area contributed by atoms with E-state index in [0.717, 1.165) is 6.42 Å². The normalized spacial score (nSPS) is 17.0. The van der Waals surface area contributed by atoms with E-state index in [1.165, 1.54) is 15.3 Å². The zero-order valence-electron chi connectivity index (χ0n) is 18.0. The number of aromatic nitrogens is 5. The van der Waals surface area contributed by atoms with Gasteiger partial charge in [0.1, 0.15) is 28.7 Å². The van der Waals surface area contributed by atoms with Crippen LogP contribution >= 0.6 is 0 Å². The number of methoxy groups -OCH3 is 1. The minimum atomic E-state index is -0.283. The first-order valence-electron chi connectivity index (χ1n) is 10.4. The first-order chi connectivity index (χ1) is 16.1. The van der Waals surface area contributed by atoms with E-state index in [0.29, 0.717) is 34.4 Å². The van der Waals surface area contributed by atoms with Crippen LogP contribution in [0.3, 0.4) is 0 Å². The van der Waals surface area contributed by atoms with Gasteiger partial charge in [0.15, 0.2) is 5.65 Å². The van der Waals surface area contributed by atoms with Gasteiger partial charge in [-0.15, -0.1) is 0 Å². The summed E-state index contributed by atoms with van der Waals surface area (Å²) in [6.45, 7) is 0. The first-order valence-corrected chi connectivity index (χ1v) is 10.4. The Morgan fingerprint density at radius 2 is 2.12 bits per heavy atom. The number of rotatable bonds is 7. The highest BCUT2D eigenvalue weighted by atomic mass is 16.5. The fraction of sp³-hybridized carbons (Fsp3) is 0.227. The van der Waals surface area contributed by atoms with Crippen LogP contribution in [-0.2, 0) is 4.74 Å². The van der Waals surface area contributed by atoms with Crippen LogP contribution in [0, 0.1) is 0 Å². The predicted molar refractivity (Wildman–Crippen MR) is 122 cm³/mol. The number of ether oxygens (including phenoxy) is 1. The summed E-state index contributed by atoms with van der Waals surface area (Å²) in [6.07, 6.45) is 5.56. The quantitative estimate of drug-likeness (QED) is 0.390. The molecule has 1 aliphatic rings. The second kappa shape index (κ2) is 8.36. The van der Waals surface area contributed by atoms with Crippen molar-refractivity contribution in [1.29, 1.82) is 0 Å². The third kappa shape index (κ3) is 3.89. The smallest absolute Gasteiger partial charge is 0.279 e. The number of carbonyl (C=O) groups excluding carboxylic acids is 1. The van der Waals surface area contributed by atoms with Gasteiger partial charge in [-0.05, 0) is 30.7 Å². The van der Waals surface area contributed by atoms with Gasteiger partial charge in [-0.1, -0.05) is 6.07 Å². The number of anilines is 3. The summed E-state index contributed by atoms with van der Waals surface area (Å²) in [5.41, 5.74) is 0.719. The molecule has 1 amide bonds. The summed E-state index contributed by atoms with van der Waals surface area (Å²) in [7, 11) is 3.36. The van der Waals surface area contributed by atoms with E-state index in [2.05, 4.69) is 31.0 Å². The van der Waals surface area contributed by atoms with E-state index < -0.39 is 0 Å². The van der Waals surface area contributed by atoms with Crippen LogP contribution in [0.5, 0.6) is 0 Å². The second-order valence-electron chi connectivity index (χ2n) is 7.57. The van der Waals surface area contributed by atoms with Crippen molar-refractivity contribution < 1.29 is 9.53 Å². The summed E-state index contributed by atoms with van der Waals surface area (Å²) >= 11 is 0. The van der Waals surface area contributed by atoms with Crippen LogP contribution in [0.1, 0.15) is 16.8 Å². The lowest BCUT2D eigenvalue weighted by atomic mass is 10.3. The van der Waals surface area contributed by atoms with Crippen LogP contribution in [0.15, 0.2) is 59.8 Å². The minimum Gasteiger partial charge on any atom is -0.379 e. The Bertz CT molecular complexity index is 1380. The number of hydrogen-bond acceptors (Lipinski definition) is 8. The highest BCUT2D eigenvalue weighted by molar-refractivity contribution is 6.00. The van der Waals surface area contributed by atoms with Crippen LogP contribution in [0.25, 0.3) is 11.5 Å². The van der Waals surface area contributed by atoms with Crippen LogP contribution in [0.2, 0.25) is 0 Å². The predicted octanol–water partition coefficient (Wildman–Crippen LogP) is 1.58. The molecule has 0 aromatic carbocycles. The maximum absolute atomic E-state index is 13.0. The summed E-state index contributed by atoms with van der Waals surface area (Å²) < 4.78 is 8.23. The van der Waals surface area contributed by atoms with E-state index in [9.17, 15) is 9.59 Å². The molecule has 0 spiro atoms. The topological polar surface area (TPSA) is 127 Å². The average molecular weight is 446 g/mol. The third-order valence-electron chi connectivity index (χ3n) is 5.43. The Morgan fingerprint density at radius 3 is 2.85 bits per heavy atom. The maximum atomic E-state index is 13.0. The lowest BCUT2D eigenvalue weighted by Gasteiger charge is -2.11. The van der Waals surface area contributed by atoms with Gasteiger partial charge in [0.25, 0.3) is 11.5 Å². The lowest BCUT2D eigenvalue weighted by Crippen LogP contribution is -2.28. The number of fused-ring (bicyclic) bond motifs is 1. The van der Waals surface area contributed by atoms with Gasteiger partial charge in [0.2, 0.25) is 0 Å². The molecule has 168 valence electrons. The molecule has 0 bridgehead atoms. The number of hydrogen-bond donors (Lipinski definition) is 3. The Morgan fingerprint density at radius 1 is 1.24 bits per heavy atom. The highest BCUT2D eigenvalue weighted by Crippen LogP contribution is 2.26. The number of nitrogens with zero attached hydrogens (tertiary/aromatic N) is 5. The molecule has 4 heterocycles. The molecule has 1 fully saturated rings. The molecule has 5 rings (SSSR count). The van der Waals surface area contributed by atoms with E-state index in [-0.39, 0.29) is 23.6 Å². The van der Waals surface area contributed by atoms with Crippen molar-refractivity contribution >= 4 is 28.9 Å². The molecular weight excluding hydrogens is 424 g/mol. The molecule has 4 aromatic rings. The van der Waals surface area contributed by atoms with Crippen LogP contribution in [-0.4, -0.2) is 56.4 Å². The van der Waals surface area contributed by atoms with Gasteiger partial charge in [-0.3, -0.25) is 14.2 Å². The summed E-state index contributed by atoms with van der Waals surface area (Å²) in [5, 5.41) is 13.3. The first kappa shape index (κ1) is 20.6. The lowest BCUT2D eigenvalue weighted by molar-refractivity contribution is 0.0936. The molecule has 4 aromatic heterocycles. The third-order valence-corrected chi connectivity index (χ3v) is 5.43. The van der Waals surface area contributed by atoms with Gasteiger partial charge in [0, 0.05) is 32.6 Å². The fourth-order valence-electron chi connectivity index (χ4n) is 3.60. The average Bonchev–Trinajstić information content (AvgIpc) is 3.45. The monoisotopic (exact) mass is 446 g/mol. The molecular formula is C22H22N8O3. The molecule has 0 radical (unpaired) electrons. The van der Waals surface area contributed by atoms with Crippen LogP contribution < -0.4 is 21.5 Å². The molecule has 11 nitrogen and oxygen atoms in total. The SMILES string of the molecule is CNc1cc(Nc2cccn(-c3ccccn3)c2=O)nc2c(C(=O)NC3C[C@H]3OC)cnn12. The minimum absolute atomic E-state index is 0.0167. The van der Waals surface area contributed by atoms with Crippen molar-refractivity contribution in [3.63, 3.8) is 0 Å². The van der Waals surface area contributed by atoms with Crippen molar-refractivity contribution in [1.82, 2.24) is 29.5 Å². The number of pyridine rings is 2. The molecule has 33 heavy (non-hydrogen) atoms. The molecule has 11 heteroatoms. The molecule has 1 unspecified atom stereocenters. The number of nitrogens with one attached hydrogen (secondary N) is 3. The number of amides is 1. The zero-order chi connectivity index (χ0) is 22.9. The second-order valence-corrected chi connectivity index (χ2v) is 7.57. The van der Waals surface area contributed by atoms with Crippen molar-refractivity contribution in [2.45, 2.75) is 18.6 Å². The van der Waals surface area contributed by atoms with Crippen molar-refractivity contribution in [3.05, 3.63) is 70.9 Å². The highest BCUT2D eigenvalue weighted by Gasteiger charge is 2.39. The number of carbonyl (C=O) groups is 1. The van der Waals surface area contributed by atoms with Crippen LogP contribution in [0.4, 0.5) is 17.3 Å². The van der Waals surface area contributed by atoms with Crippen molar-refractivity contribution in [2.24, 2.45) is 0 Å². The summed E-state index contributed by atoms with van der Waals surface area (Å²) in [5.74, 6) is 1.22. The zero-order valence-corrected chi connectivity index (χ0v) is 18.0. The van der Waals surface area contributed by atoms with E-state index in [1.54, 1.807) is 56.9 Å². The fourth-order valence-corrected chi connectivity index (χ4v) is 3.60. The van der Waals surface area contributed by atoms with E-state index in [4.69, 9.17) is 4.74 Å². The maximum Gasteiger partial charge on any atom is 0.279 e. The molecule has 0 aliphatic heterocycles. The Balaban J connectivity index is 1.49. The summed E-state index contributed by atoms with van der Waals surface area (Å²) in [6, 6.07) is 10.4. The molecule has 1 saturated carbocycles. The molecule has 1 aliphatic carbocycles. The van der Waals surface area contributed by atoms with Gasteiger partial charge in [-0.2, -0.15) is 9.61 Å². The summed E-state index contributed by atoms with van der Waals surface area (Å²) in [4.78, 5) is 34.6. The van der Waals surface area contributed by atoms with E-state index >= 15 is 0 Å². The van der Waals surface area contributed by atoms with Gasteiger partial charge in [0.05, 0.1) is 18.3 Å². The van der Waals surface area contributed by atoms with E-state index in [1.807, 2.05) is 6.07 Å². The van der Waals surface area contributed by atoms with Crippen molar-refractivity contribution in [3.8, 4) is 5.82 Å². The Labute approximate surface area is 188 Å². The van der Waals surface area contributed by atoms with Gasteiger partial charge in [-0.25, -0.2) is 9.97 Å². The largest absolute Gasteiger partial charge is 0.379 e. The van der Waals surface area contributed by atoms with Crippen molar-refractivity contribution in [2.75, 3.05) is 24.8 Å². The Kier molecular flexibility index (Phi) is 5.23. The molecule has 2 atom stereocenters. The van der Waals surface area contributed by atoms with Gasteiger partial charge >= 0.3 is 0 Å². The molecule has 3 N–H and O–H groups in total. The molecule has 0 saturated heterocycles. The van der Waals surface area contributed by atoms with Gasteiger partial charge < -0.3 is 20.7 Å². The standard InChI is InChI=1S/C22H22N8O3/c1-23-19-11-17(26-14-6-5-9-29(22(14)32)18-7-3-4-8-24-18)28-20-13(12-25-30(19)20)21(31)27-15-10-16(15)33-2/h3-9,11-12,15-16,23H,10H2,1-2H3,(H,26,28)(H,27,31)/t15?,16-/m1/s1. The Hall–Kier alpha value is -4.25.